The molecule has 8 heteroatoms. The van der Waals surface area contributed by atoms with Gasteiger partial charge in [0.05, 0.1) is 6.54 Å². The number of nitrogens with one attached hydrogen (secondary N) is 1. The van der Waals surface area contributed by atoms with Crippen LogP contribution < -0.4 is 5.32 Å². The van der Waals surface area contributed by atoms with E-state index in [1.807, 2.05) is 0 Å². The smallest absolute Gasteiger partial charge is 0.257 e. The molecule has 0 atom stereocenters. The highest BCUT2D eigenvalue weighted by atomic mass is 35.5. The molecule has 2 aromatic heterocycles. The van der Waals surface area contributed by atoms with Crippen LogP contribution in [0.25, 0.3) is 0 Å². The molecule has 3 nitrogen and oxygen atoms in total. The molecule has 0 aromatic carbocycles. The summed E-state index contributed by atoms with van der Waals surface area (Å²) in [7, 11) is 0. The number of aromatic nitrogens is 2. The lowest BCUT2D eigenvalue weighted by Crippen LogP contribution is -2.07. The van der Waals surface area contributed by atoms with E-state index in [-0.39, 0.29) is 17.5 Å². The summed E-state index contributed by atoms with van der Waals surface area (Å²) >= 11 is 1.05. The topological polar surface area (TPSA) is 29.9 Å². The van der Waals surface area contributed by atoms with Crippen molar-refractivity contribution >= 4 is 29.6 Å². The van der Waals surface area contributed by atoms with Gasteiger partial charge in [-0.3, -0.25) is 4.68 Å². The normalized spacial score (nSPS) is 10.6. The van der Waals surface area contributed by atoms with Crippen molar-refractivity contribution in [1.82, 2.24) is 9.78 Å². The molecule has 0 saturated heterocycles. The van der Waals surface area contributed by atoms with E-state index in [1.165, 1.54) is 10.7 Å². The van der Waals surface area contributed by atoms with E-state index in [1.54, 1.807) is 19.2 Å². The fourth-order valence-corrected chi connectivity index (χ4v) is 2.22. The van der Waals surface area contributed by atoms with E-state index in [9.17, 15) is 13.2 Å². The molecule has 1 N–H and O–H groups in total. The maximum absolute atomic E-state index is 12.8. The van der Waals surface area contributed by atoms with Gasteiger partial charge in [0.15, 0.2) is 10.9 Å². The number of hydrogen-bond donors (Lipinski definition) is 1. The Kier molecular flexibility index (Phi) is 5.68. The van der Waals surface area contributed by atoms with Crippen LogP contribution in [0.2, 0.25) is 0 Å². The zero-order valence-corrected chi connectivity index (χ0v) is 11.7. The Morgan fingerprint density at radius 2 is 2.16 bits per heavy atom. The number of thiophene rings is 1. The fraction of sp³-hybridized carbons (Fsp3) is 0.364. The van der Waals surface area contributed by atoms with Gasteiger partial charge in [-0.15, -0.1) is 23.7 Å². The van der Waals surface area contributed by atoms with Gasteiger partial charge >= 0.3 is 0 Å². The summed E-state index contributed by atoms with van der Waals surface area (Å²) in [5, 5.41) is 6.77. The minimum atomic E-state index is -2.43. The maximum atomic E-state index is 12.8. The Balaban J connectivity index is 0.00000180. The predicted octanol–water partition coefficient (Wildman–Crippen LogP) is 3.69. The van der Waals surface area contributed by atoms with E-state index in [4.69, 9.17) is 0 Å². The first-order valence-electron chi connectivity index (χ1n) is 5.35. The van der Waals surface area contributed by atoms with Gasteiger partial charge in [0.25, 0.3) is 6.43 Å². The molecular formula is C11H13ClF3N3S. The van der Waals surface area contributed by atoms with Gasteiger partial charge in [-0.1, -0.05) is 0 Å². The quantitative estimate of drug-likeness (QED) is 0.912. The van der Waals surface area contributed by atoms with E-state index in [0.717, 1.165) is 21.8 Å². The summed E-state index contributed by atoms with van der Waals surface area (Å²) in [6, 6.07) is 3.07. The first-order valence-corrected chi connectivity index (χ1v) is 6.16. The van der Waals surface area contributed by atoms with Crippen molar-refractivity contribution in [3.63, 3.8) is 0 Å². The summed E-state index contributed by atoms with van der Waals surface area (Å²) in [5.74, 6) is 0.546. The van der Waals surface area contributed by atoms with Gasteiger partial charge in [0, 0.05) is 16.6 Å². The molecule has 0 saturated carbocycles. The van der Waals surface area contributed by atoms with Crippen LogP contribution in [-0.4, -0.2) is 16.2 Å². The first-order chi connectivity index (χ1) is 8.54. The molecule has 0 unspecified atom stereocenters. The van der Waals surface area contributed by atoms with Gasteiger partial charge < -0.3 is 5.32 Å². The molecule has 0 aliphatic rings. The number of alkyl halides is 2. The predicted molar refractivity (Wildman–Crippen MR) is 71.8 cm³/mol. The monoisotopic (exact) mass is 311 g/mol. The van der Waals surface area contributed by atoms with Crippen molar-refractivity contribution in [3.05, 3.63) is 33.9 Å². The number of anilines is 1. The minimum absolute atomic E-state index is 0. The molecule has 2 aromatic rings. The largest absolute Gasteiger partial charge is 0.363 e. The molecule has 0 aliphatic carbocycles. The highest BCUT2D eigenvalue weighted by Crippen LogP contribution is 2.18. The lowest BCUT2D eigenvalue weighted by atomic mass is 10.3. The fourth-order valence-electron chi connectivity index (χ4n) is 1.55. The Hall–Kier alpha value is -1.21. The van der Waals surface area contributed by atoms with Crippen LogP contribution in [-0.2, 0) is 13.1 Å². The molecule has 0 amide bonds. The van der Waals surface area contributed by atoms with Crippen LogP contribution >= 0.6 is 23.7 Å². The molecule has 106 valence electrons. The number of hydrogen-bond acceptors (Lipinski definition) is 3. The highest BCUT2D eigenvalue weighted by molar-refractivity contribution is 7.10. The highest BCUT2D eigenvalue weighted by Gasteiger charge is 2.09. The second-order valence-corrected chi connectivity index (χ2v) is 4.95. The second kappa shape index (κ2) is 6.81. The van der Waals surface area contributed by atoms with Crippen LogP contribution in [0.5, 0.6) is 0 Å². The lowest BCUT2D eigenvalue weighted by Gasteiger charge is -2.02. The summed E-state index contributed by atoms with van der Waals surface area (Å²) in [4.78, 5) is 0.829. The minimum Gasteiger partial charge on any atom is -0.363 e. The van der Waals surface area contributed by atoms with Gasteiger partial charge in [-0.05, 0) is 19.1 Å². The van der Waals surface area contributed by atoms with Crippen molar-refractivity contribution in [3.8, 4) is 0 Å². The summed E-state index contributed by atoms with van der Waals surface area (Å²) in [6.07, 6.45) is -0.868. The molecular weight excluding hydrogens is 299 g/mol. The van der Waals surface area contributed by atoms with Crippen LogP contribution in [0.4, 0.5) is 19.0 Å². The summed E-state index contributed by atoms with van der Waals surface area (Å²) in [6.45, 7) is 1.80. The second-order valence-electron chi connectivity index (χ2n) is 3.83. The molecule has 0 aliphatic heterocycles. The first kappa shape index (κ1) is 15.8. The Morgan fingerprint density at radius 3 is 2.74 bits per heavy atom. The Morgan fingerprint density at radius 1 is 1.42 bits per heavy atom. The zero-order chi connectivity index (χ0) is 13.1. The summed E-state index contributed by atoms with van der Waals surface area (Å²) < 4.78 is 38.4. The Labute approximate surface area is 118 Å². The SMILES string of the molecule is Cc1cn(CC(F)F)nc1NCc1ccc(F)s1.Cl. The molecule has 0 radical (unpaired) electrons. The molecule has 0 fully saturated rings. The van der Waals surface area contributed by atoms with E-state index in [0.29, 0.717) is 12.4 Å². The van der Waals surface area contributed by atoms with Crippen molar-refractivity contribution < 1.29 is 13.2 Å². The number of rotatable bonds is 5. The van der Waals surface area contributed by atoms with E-state index >= 15 is 0 Å². The lowest BCUT2D eigenvalue weighted by molar-refractivity contribution is 0.122. The van der Waals surface area contributed by atoms with Crippen molar-refractivity contribution in [2.75, 3.05) is 5.32 Å². The third kappa shape index (κ3) is 4.43. The molecule has 19 heavy (non-hydrogen) atoms. The number of halogens is 4. The third-order valence-electron chi connectivity index (χ3n) is 2.33. The summed E-state index contributed by atoms with van der Waals surface area (Å²) in [5.41, 5.74) is 0.785. The van der Waals surface area contributed by atoms with Gasteiger partial charge in [0.1, 0.15) is 6.54 Å². The molecule has 0 spiro atoms. The van der Waals surface area contributed by atoms with E-state index in [2.05, 4.69) is 10.4 Å². The third-order valence-corrected chi connectivity index (χ3v) is 3.20. The molecule has 0 bridgehead atoms. The van der Waals surface area contributed by atoms with Crippen LogP contribution in [0.3, 0.4) is 0 Å². The number of aryl methyl sites for hydroxylation is 1. The van der Waals surface area contributed by atoms with Crippen molar-refractivity contribution in [2.24, 2.45) is 0 Å². The zero-order valence-electron chi connectivity index (χ0n) is 10.1. The van der Waals surface area contributed by atoms with Crippen LogP contribution in [0.1, 0.15) is 10.4 Å². The van der Waals surface area contributed by atoms with E-state index < -0.39 is 13.0 Å². The number of nitrogens with zero attached hydrogens (tertiary/aromatic N) is 2. The Bertz CT molecular complexity index is 527. The van der Waals surface area contributed by atoms with Crippen LogP contribution in [0.15, 0.2) is 18.3 Å². The average Bonchev–Trinajstić information content (AvgIpc) is 2.82. The van der Waals surface area contributed by atoms with Gasteiger partial charge in [-0.2, -0.15) is 9.49 Å². The van der Waals surface area contributed by atoms with Gasteiger partial charge in [-0.25, -0.2) is 8.78 Å². The average molecular weight is 312 g/mol. The van der Waals surface area contributed by atoms with Crippen molar-refractivity contribution in [1.29, 1.82) is 0 Å². The van der Waals surface area contributed by atoms with Gasteiger partial charge in [0.2, 0.25) is 0 Å². The maximum Gasteiger partial charge on any atom is 0.257 e. The molecule has 2 rings (SSSR count). The standard InChI is InChI=1S/C11H12F3N3S.ClH/c1-7-5-17(6-9(12)13)16-11(7)15-4-8-2-3-10(14)18-8;/h2-3,5,9H,4,6H2,1H3,(H,15,16);1H. The molecule has 2 heterocycles. The van der Waals surface area contributed by atoms with Crippen LogP contribution in [0, 0.1) is 12.1 Å². The van der Waals surface area contributed by atoms with Crippen molar-refractivity contribution in [2.45, 2.75) is 26.4 Å².